The van der Waals surface area contributed by atoms with Gasteiger partial charge >= 0.3 is 12.1 Å². The normalized spacial score (nSPS) is 27.1. The summed E-state index contributed by atoms with van der Waals surface area (Å²) in [6.07, 6.45) is 0.188. The summed E-state index contributed by atoms with van der Waals surface area (Å²) in [5, 5.41) is 10.2. The number of hydrogen-bond acceptors (Lipinski definition) is 4. The van der Waals surface area contributed by atoms with Crippen LogP contribution in [-0.2, 0) is 14.3 Å². The molecule has 0 aromatic carbocycles. The second-order valence-corrected chi connectivity index (χ2v) is 8.66. The van der Waals surface area contributed by atoms with E-state index in [9.17, 15) is 23.1 Å². The first kappa shape index (κ1) is 25.0. The Balaban J connectivity index is 3.04. The van der Waals surface area contributed by atoms with E-state index in [0.717, 1.165) is 26.2 Å². The third kappa shape index (κ3) is 5.96. The van der Waals surface area contributed by atoms with E-state index in [1.165, 1.54) is 13.8 Å². The monoisotopic (exact) mass is 408 g/mol. The van der Waals surface area contributed by atoms with E-state index >= 15 is 0 Å². The number of aliphatic hydroxyl groups is 1. The first-order chi connectivity index (χ1) is 12.7. The summed E-state index contributed by atoms with van der Waals surface area (Å²) in [7, 11) is 0. The van der Waals surface area contributed by atoms with E-state index in [0.29, 0.717) is 37.7 Å². The Morgan fingerprint density at radius 1 is 1.14 bits per heavy atom. The number of ether oxygens (including phenoxy) is 2. The first-order valence-electron chi connectivity index (χ1n) is 10.0. The van der Waals surface area contributed by atoms with Crippen LogP contribution in [-0.4, -0.2) is 40.2 Å². The number of hydrogen-bond donors (Lipinski definition) is 1. The molecule has 7 heteroatoms. The summed E-state index contributed by atoms with van der Waals surface area (Å²) in [5.41, 5.74) is -5.33. The molecule has 1 fully saturated rings. The molecular weight excluding hydrogens is 373 g/mol. The molecule has 0 heterocycles. The van der Waals surface area contributed by atoms with E-state index in [1.54, 1.807) is 6.92 Å². The minimum absolute atomic E-state index is 0.317. The molecule has 1 N–H and O–H groups in total. The van der Waals surface area contributed by atoms with Gasteiger partial charge in [-0.3, -0.25) is 0 Å². The van der Waals surface area contributed by atoms with Crippen LogP contribution in [0.15, 0.2) is 12.2 Å². The van der Waals surface area contributed by atoms with Crippen LogP contribution < -0.4 is 0 Å². The molecule has 0 radical (unpaired) electrons. The minimum atomic E-state index is -4.82. The standard InChI is InChI=1S/C21H35F3O4/c1-7-20(28-18(4,5)19(6,26)21(22,23)24)13-10-8-9-11-16(12-14-20)27-17(25)15(2)3/h16,26H,2,7-14H2,1,3-6H3. The van der Waals surface area contributed by atoms with Crippen LogP contribution >= 0.6 is 0 Å². The van der Waals surface area contributed by atoms with Crippen LogP contribution in [0.3, 0.4) is 0 Å². The average Bonchev–Trinajstić information content (AvgIpc) is 2.65. The zero-order valence-corrected chi connectivity index (χ0v) is 17.7. The smallest absolute Gasteiger partial charge is 0.419 e. The van der Waals surface area contributed by atoms with Crippen molar-refractivity contribution in [1.29, 1.82) is 0 Å². The number of halogens is 3. The van der Waals surface area contributed by atoms with Gasteiger partial charge in [-0.25, -0.2) is 4.79 Å². The highest BCUT2D eigenvalue weighted by molar-refractivity contribution is 5.87. The SMILES string of the molecule is C=C(C)C(=O)OC1CCCCCC(CC)(OC(C)(C)C(C)(O)C(F)(F)F)CC1. The highest BCUT2D eigenvalue weighted by atomic mass is 19.4. The molecule has 164 valence electrons. The van der Waals surface area contributed by atoms with E-state index < -0.39 is 28.9 Å². The molecule has 0 spiro atoms. The number of carbonyl (C=O) groups excluding carboxylic acids is 1. The maximum Gasteiger partial charge on any atom is 0.419 e. The number of carbonyl (C=O) groups is 1. The fourth-order valence-electron chi connectivity index (χ4n) is 3.57. The Morgan fingerprint density at radius 3 is 2.25 bits per heavy atom. The second kappa shape index (κ2) is 9.16. The Labute approximate surface area is 166 Å². The molecule has 3 unspecified atom stereocenters. The van der Waals surface area contributed by atoms with Crippen molar-refractivity contribution < 1.29 is 32.5 Å². The van der Waals surface area contributed by atoms with Crippen molar-refractivity contribution >= 4 is 5.97 Å². The Morgan fingerprint density at radius 2 is 1.75 bits per heavy atom. The van der Waals surface area contributed by atoms with Gasteiger partial charge in [0, 0.05) is 5.57 Å². The van der Waals surface area contributed by atoms with Gasteiger partial charge in [-0.15, -0.1) is 0 Å². The largest absolute Gasteiger partial charge is 0.459 e. The molecule has 0 aromatic heterocycles. The molecule has 0 aliphatic heterocycles. The molecule has 3 atom stereocenters. The van der Waals surface area contributed by atoms with Crippen molar-refractivity contribution in [3.63, 3.8) is 0 Å². The number of alkyl halides is 3. The Hall–Kier alpha value is -1.08. The van der Waals surface area contributed by atoms with Gasteiger partial charge in [-0.2, -0.15) is 13.2 Å². The van der Waals surface area contributed by atoms with E-state index in [-0.39, 0.29) is 6.10 Å². The van der Waals surface area contributed by atoms with E-state index in [1.807, 2.05) is 6.92 Å². The molecule has 1 aliphatic rings. The summed E-state index contributed by atoms with van der Waals surface area (Å²) >= 11 is 0. The number of esters is 1. The summed E-state index contributed by atoms with van der Waals surface area (Å²) in [5.74, 6) is -0.451. The highest BCUT2D eigenvalue weighted by Gasteiger charge is 2.61. The van der Waals surface area contributed by atoms with Crippen molar-refractivity contribution in [2.45, 2.75) is 115 Å². The van der Waals surface area contributed by atoms with Crippen molar-refractivity contribution in [3.8, 4) is 0 Å². The molecule has 0 saturated heterocycles. The maximum atomic E-state index is 13.4. The van der Waals surface area contributed by atoms with E-state index in [2.05, 4.69) is 6.58 Å². The molecule has 0 aromatic rings. The van der Waals surface area contributed by atoms with Gasteiger partial charge in [-0.05, 0) is 66.2 Å². The van der Waals surface area contributed by atoms with Gasteiger partial charge in [-0.1, -0.05) is 26.3 Å². The third-order valence-corrected chi connectivity index (χ3v) is 6.04. The third-order valence-electron chi connectivity index (χ3n) is 6.04. The van der Waals surface area contributed by atoms with Crippen molar-refractivity contribution in [2.24, 2.45) is 0 Å². The Kier molecular flexibility index (Phi) is 8.16. The lowest BCUT2D eigenvalue weighted by Gasteiger charge is -2.47. The molecule has 0 amide bonds. The second-order valence-electron chi connectivity index (χ2n) is 8.66. The maximum absolute atomic E-state index is 13.4. The van der Waals surface area contributed by atoms with E-state index in [4.69, 9.17) is 9.47 Å². The summed E-state index contributed by atoms with van der Waals surface area (Å²) in [6, 6.07) is 0. The zero-order valence-electron chi connectivity index (χ0n) is 17.7. The van der Waals surface area contributed by atoms with Crippen LogP contribution in [0.4, 0.5) is 13.2 Å². The zero-order chi connectivity index (χ0) is 21.8. The van der Waals surface area contributed by atoms with Gasteiger partial charge in [0.2, 0.25) is 0 Å². The van der Waals surface area contributed by atoms with Gasteiger partial charge in [0.1, 0.15) is 11.7 Å². The van der Waals surface area contributed by atoms with Crippen LogP contribution in [0.25, 0.3) is 0 Å². The van der Waals surface area contributed by atoms with Gasteiger partial charge in [0.15, 0.2) is 5.60 Å². The topological polar surface area (TPSA) is 55.8 Å². The lowest BCUT2D eigenvalue weighted by atomic mass is 9.82. The molecule has 0 bridgehead atoms. The average molecular weight is 409 g/mol. The van der Waals surface area contributed by atoms with Gasteiger partial charge in [0.05, 0.1) is 5.60 Å². The fourth-order valence-corrected chi connectivity index (χ4v) is 3.57. The predicted octanol–water partition coefficient (Wildman–Crippen LogP) is 5.48. The Bertz CT molecular complexity index is 554. The minimum Gasteiger partial charge on any atom is -0.459 e. The summed E-state index contributed by atoms with van der Waals surface area (Å²) in [4.78, 5) is 11.9. The molecule has 1 aliphatic carbocycles. The molecule has 28 heavy (non-hydrogen) atoms. The van der Waals surface area contributed by atoms with Gasteiger partial charge < -0.3 is 14.6 Å². The highest BCUT2D eigenvalue weighted by Crippen LogP contribution is 2.45. The van der Waals surface area contributed by atoms with Crippen LogP contribution in [0.5, 0.6) is 0 Å². The molecule has 1 saturated carbocycles. The van der Waals surface area contributed by atoms with Crippen LogP contribution in [0, 0.1) is 0 Å². The molecule has 1 rings (SSSR count). The lowest BCUT2D eigenvalue weighted by molar-refractivity contribution is -0.331. The van der Waals surface area contributed by atoms with Gasteiger partial charge in [0.25, 0.3) is 0 Å². The van der Waals surface area contributed by atoms with Crippen LogP contribution in [0.1, 0.15) is 86.0 Å². The van der Waals surface area contributed by atoms with Crippen LogP contribution in [0.2, 0.25) is 0 Å². The van der Waals surface area contributed by atoms with Crippen molar-refractivity contribution in [2.75, 3.05) is 0 Å². The quantitative estimate of drug-likeness (QED) is 0.467. The predicted molar refractivity (Wildman–Crippen MR) is 102 cm³/mol. The summed E-state index contributed by atoms with van der Waals surface area (Å²) in [6.45, 7) is 10.4. The fraction of sp³-hybridized carbons (Fsp3) is 0.857. The molecular formula is C21H35F3O4. The lowest BCUT2D eigenvalue weighted by Crippen LogP contribution is -2.62. The summed E-state index contributed by atoms with van der Waals surface area (Å²) < 4.78 is 51.8. The van der Waals surface area contributed by atoms with Crippen molar-refractivity contribution in [3.05, 3.63) is 12.2 Å². The number of rotatable bonds is 6. The molecule has 4 nitrogen and oxygen atoms in total. The first-order valence-corrected chi connectivity index (χ1v) is 10.0. The van der Waals surface area contributed by atoms with Crippen molar-refractivity contribution in [1.82, 2.24) is 0 Å².